The molecule has 276 valence electrons. The molecule has 0 bridgehead atoms. The van der Waals surface area contributed by atoms with Crippen LogP contribution in [0.2, 0.25) is 0 Å². The van der Waals surface area contributed by atoms with Gasteiger partial charge >= 0.3 is 12.2 Å². The quantitative estimate of drug-likeness (QED) is 0.154. The standard InChI is InChI=1S/C38H52N6O7/c1-37(2,3)31(41-35(48)50-7)33(46)40-29(22-25-14-10-9-11-15-25)30(45)24-44(43-34(47)32(38(4,5)6)42-36(49)51-8)23-26-17-19-27(20-18-26)28-16-12-13-21-39-28/h9-21,29-32,45H,22-24H2,1-8H3,(H,40,46)(H,41,48)(H,42,49)(H,43,47)/t29-,30?,31?,32+/m0/s1. The fourth-order valence-electron chi connectivity index (χ4n) is 5.38. The molecule has 51 heavy (non-hydrogen) atoms. The molecule has 1 heterocycles. The minimum Gasteiger partial charge on any atom is -0.453 e. The Morgan fingerprint density at radius 3 is 1.78 bits per heavy atom. The topological polar surface area (TPSA) is 171 Å². The first kappa shape index (κ1) is 40.4. The maximum Gasteiger partial charge on any atom is 0.407 e. The number of pyridine rings is 1. The Labute approximate surface area is 300 Å². The van der Waals surface area contributed by atoms with E-state index in [9.17, 15) is 24.3 Å². The molecule has 4 amide bonds. The number of hydrazine groups is 1. The van der Waals surface area contributed by atoms with Crippen molar-refractivity contribution in [2.24, 2.45) is 10.8 Å². The second kappa shape index (κ2) is 18.3. The number of hydrogen-bond donors (Lipinski definition) is 5. The number of nitrogens with one attached hydrogen (secondary N) is 4. The highest BCUT2D eigenvalue weighted by molar-refractivity contribution is 5.87. The van der Waals surface area contributed by atoms with Gasteiger partial charge in [0.1, 0.15) is 12.1 Å². The first-order chi connectivity index (χ1) is 24.0. The number of aromatic nitrogens is 1. The minimum absolute atomic E-state index is 0.120. The molecule has 3 aromatic rings. The third-order valence-corrected chi connectivity index (χ3v) is 8.21. The van der Waals surface area contributed by atoms with E-state index in [2.05, 4.69) is 26.4 Å². The monoisotopic (exact) mass is 704 g/mol. The number of ether oxygens (including phenoxy) is 2. The van der Waals surface area contributed by atoms with E-state index in [4.69, 9.17) is 9.47 Å². The third kappa shape index (κ3) is 12.7. The van der Waals surface area contributed by atoms with Gasteiger partial charge in [0.15, 0.2) is 0 Å². The lowest BCUT2D eigenvalue weighted by Gasteiger charge is -2.35. The van der Waals surface area contributed by atoms with Crippen LogP contribution in [0.4, 0.5) is 9.59 Å². The maximum absolute atomic E-state index is 13.8. The van der Waals surface area contributed by atoms with Crippen molar-refractivity contribution in [3.8, 4) is 11.3 Å². The van der Waals surface area contributed by atoms with Crippen LogP contribution in [-0.4, -0.2) is 84.1 Å². The van der Waals surface area contributed by atoms with Gasteiger partial charge < -0.3 is 30.5 Å². The molecule has 0 fully saturated rings. The van der Waals surface area contributed by atoms with E-state index in [0.717, 1.165) is 22.4 Å². The fourth-order valence-corrected chi connectivity index (χ4v) is 5.38. The van der Waals surface area contributed by atoms with Gasteiger partial charge in [0.05, 0.1) is 32.1 Å². The average molecular weight is 705 g/mol. The number of benzene rings is 2. The Morgan fingerprint density at radius 2 is 1.27 bits per heavy atom. The van der Waals surface area contributed by atoms with Crippen molar-refractivity contribution in [3.05, 3.63) is 90.1 Å². The van der Waals surface area contributed by atoms with Crippen molar-refractivity contribution in [1.82, 2.24) is 31.4 Å². The van der Waals surface area contributed by atoms with Gasteiger partial charge in [-0.1, -0.05) is 102 Å². The van der Waals surface area contributed by atoms with Crippen molar-refractivity contribution >= 4 is 24.0 Å². The van der Waals surface area contributed by atoms with Crippen LogP contribution >= 0.6 is 0 Å². The van der Waals surface area contributed by atoms with Gasteiger partial charge in [-0.3, -0.25) is 20.0 Å². The first-order valence-electron chi connectivity index (χ1n) is 16.8. The Hall–Kier alpha value is -5.01. The summed E-state index contributed by atoms with van der Waals surface area (Å²) in [5, 5.41) is 21.6. The zero-order chi connectivity index (χ0) is 37.8. The summed E-state index contributed by atoms with van der Waals surface area (Å²) in [6.45, 7) is 10.9. The van der Waals surface area contributed by atoms with Crippen LogP contribution in [-0.2, 0) is 32.0 Å². The summed E-state index contributed by atoms with van der Waals surface area (Å²) in [7, 11) is 2.44. The Kier molecular flexibility index (Phi) is 14.5. The number of carbonyl (C=O) groups excluding carboxylic acids is 4. The Balaban J connectivity index is 1.96. The number of hydrogen-bond acceptors (Lipinski definition) is 9. The number of amides is 4. The lowest BCUT2D eigenvalue weighted by Crippen LogP contribution is -2.60. The molecule has 0 saturated carbocycles. The second-order valence-corrected chi connectivity index (χ2v) is 14.5. The molecule has 2 aromatic carbocycles. The summed E-state index contributed by atoms with van der Waals surface area (Å²) >= 11 is 0. The lowest BCUT2D eigenvalue weighted by atomic mass is 9.85. The smallest absolute Gasteiger partial charge is 0.407 e. The van der Waals surface area contributed by atoms with Gasteiger partial charge in [-0.05, 0) is 40.5 Å². The van der Waals surface area contributed by atoms with Gasteiger partial charge in [-0.2, -0.15) is 0 Å². The molecule has 5 N–H and O–H groups in total. The zero-order valence-corrected chi connectivity index (χ0v) is 30.7. The van der Waals surface area contributed by atoms with E-state index in [1.807, 2.05) is 93.6 Å². The molecule has 2 unspecified atom stereocenters. The predicted molar refractivity (Wildman–Crippen MR) is 194 cm³/mol. The Morgan fingerprint density at radius 1 is 0.725 bits per heavy atom. The zero-order valence-electron chi connectivity index (χ0n) is 30.7. The number of aliphatic hydroxyl groups excluding tert-OH is 1. The molecular formula is C38H52N6O7. The van der Waals surface area contributed by atoms with Crippen molar-refractivity contribution in [2.75, 3.05) is 20.8 Å². The van der Waals surface area contributed by atoms with E-state index in [1.54, 1.807) is 32.0 Å². The van der Waals surface area contributed by atoms with Gasteiger partial charge in [0.2, 0.25) is 5.91 Å². The lowest BCUT2D eigenvalue weighted by molar-refractivity contribution is -0.132. The molecule has 4 atom stereocenters. The van der Waals surface area contributed by atoms with Crippen LogP contribution in [0.25, 0.3) is 11.3 Å². The van der Waals surface area contributed by atoms with Crippen molar-refractivity contribution < 1.29 is 33.8 Å². The van der Waals surface area contributed by atoms with Gasteiger partial charge in [-0.25, -0.2) is 14.6 Å². The summed E-state index contributed by atoms with van der Waals surface area (Å²) < 4.78 is 9.54. The van der Waals surface area contributed by atoms with Crippen LogP contribution in [0.15, 0.2) is 79.0 Å². The minimum atomic E-state index is -1.22. The third-order valence-electron chi connectivity index (χ3n) is 8.21. The Bertz CT molecular complexity index is 1570. The second-order valence-electron chi connectivity index (χ2n) is 14.5. The molecule has 13 heteroatoms. The normalized spacial score (nSPS) is 14.0. The van der Waals surface area contributed by atoms with Crippen LogP contribution in [0.3, 0.4) is 0 Å². The van der Waals surface area contributed by atoms with Crippen molar-refractivity contribution in [3.63, 3.8) is 0 Å². The number of nitrogens with zero attached hydrogens (tertiary/aromatic N) is 2. The molecule has 1 aromatic heterocycles. The SMILES string of the molecule is COC(=O)NC(C(=O)N[C@@H](Cc1ccccc1)C(O)CN(Cc1ccc(-c2ccccn2)cc1)NC(=O)[C@@H](NC(=O)OC)C(C)(C)C)C(C)(C)C. The largest absolute Gasteiger partial charge is 0.453 e. The van der Waals surface area contributed by atoms with E-state index >= 15 is 0 Å². The van der Waals surface area contributed by atoms with Gasteiger partial charge in [-0.15, -0.1) is 0 Å². The molecule has 13 nitrogen and oxygen atoms in total. The summed E-state index contributed by atoms with van der Waals surface area (Å²) in [5.41, 5.74) is 4.88. The fraction of sp³-hybridized carbons (Fsp3) is 0.447. The highest BCUT2D eigenvalue weighted by Gasteiger charge is 2.37. The molecule has 0 spiro atoms. The first-order valence-corrected chi connectivity index (χ1v) is 16.8. The number of alkyl carbamates (subject to hydrolysis) is 2. The van der Waals surface area contributed by atoms with Crippen LogP contribution in [0.5, 0.6) is 0 Å². The molecule has 0 radical (unpaired) electrons. The molecule has 0 saturated heterocycles. The predicted octanol–water partition coefficient (Wildman–Crippen LogP) is 4.21. The summed E-state index contributed by atoms with van der Waals surface area (Å²) in [4.78, 5) is 56.3. The van der Waals surface area contributed by atoms with Crippen molar-refractivity contribution in [2.45, 2.75) is 78.7 Å². The van der Waals surface area contributed by atoms with Crippen molar-refractivity contribution in [1.29, 1.82) is 0 Å². The van der Waals surface area contributed by atoms with Gasteiger partial charge in [0.25, 0.3) is 5.91 Å². The highest BCUT2D eigenvalue weighted by atomic mass is 16.5. The highest BCUT2D eigenvalue weighted by Crippen LogP contribution is 2.23. The summed E-state index contributed by atoms with van der Waals surface area (Å²) in [5.74, 6) is -1.03. The molecule has 3 rings (SSSR count). The van der Waals surface area contributed by atoms with Crippen LogP contribution < -0.4 is 21.4 Å². The molecule has 0 aliphatic rings. The van der Waals surface area contributed by atoms with E-state index in [0.29, 0.717) is 0 Å². The number of carbonyl (C=O) groups is 4. The van der Waals surface area contributed by atoms with Crippen LogP contribution in [0, 0.1) is 10.8 Å². The molecule has 0 aliphatic heterocycles. The number of methoxy groups -OCH3 is 2. The summed E-state index contributed by atoms with van der Waals surface area (Å²) in [6.07, 6.45) is -0.778. The summed E-state index contributed by atoms with van der Waals surface area (Å²) in [6, 6.07) is 19.8. The number of rotatable bonds is 14. The molecular weight excluding hydrogens is 652 g/mol. The van der Waals surface area contributed by atoms with Crippen LogP contribution in [0.1, 0.15) is 52.7 Å². The van der Waals surface area contributed by atoms with Gasteiger partial charge in [0, 0.05) is 24.8 Å². The van der Waals surface area contributed by atoms with E-state index < -0.39 is 59.1 Å². The maximum atomic E-state index is 13.8. The van der Waals surface area contributed by atoms with E-state index in [-0.39, 0.29) is 19.5 Å². The number of aliphatic hydroxyl groups is 1. The van der Waals surface area contributed by atoms with E-state index in [1.165, 1.54) is 14.2 Å². The molecule has 0 aliphatic carbocycles. The average Bonchev–Trinajstić information content (AvgIpc) is 3.08.